The van der Waals surface area contributed by atoms with Gasteiger partial charge in [-0.1, -0.05) is 36.4 Å². The number of anilines is 1. The summed E-state index contributed by atoms with van der Waals surface area (Å²) in [5.41, 5.74) is 5.64. The Morgan fingerprint density at radius 1 is 0.967 bits per heavy atom. The number of halogens is 1. The summed E-state index contributed by atoms with van der Waals surface area (Å²) in [7, 11) is 1.91. The van der Waals surface area contributed by atoms with Crippen LogP contribution in [0, 0.1) is 0 Å². The Labute approximate surface area is 175 Å². The predicted octanol–water partition coefficient (Wildman–Crippen LogP) is 6.45. The molecule has 0 radical (unpaired) electrons. The van der Waals surface area contributed by atoms with Crippen molar-refractivity contribution in [1.29, 1.82) is 0 Å². The zero-order chi connectivity index (χ0) is 20.8. The summed E-state index contributed by atoms with van der Waals surface area (Å²) in [6.45, 7) is -0.0415. The zero-order valence-corrected chi connectivity index (χ0v) is 16.8. The second-order valence-corrected chi connectivity index (χ2v) is 6.87. The van der Waals surface area contributed by atoms with Crippen LogP contribution < -0.4 is 10.1 Å². The van der Waals surface area contributed by atoms with Crippen molar-refractivity contribution in [2.45, 2.75) is 6.42 Å². The van der Waals surface area contributed by atoms with E-state index in [2.05, 4.69) is 34.6 Å². The molecule has 0 fully saturated rings. The molecule has 1 heterocycles. The summed E-state index contributed by atoms with van der Waals surface area (Å²) in [5.74, 6) is 1.21. The van der Waals surface area contributed by atoms with Gasteiger partial charge in [0.1, 0.15) is 11.3 Å². The Hall–Kier alpha value is -3.60. The van der Waals surface area contributed by atoms with Gasteiger partial charge in [-0.25, -0.2) is 4.98 Å². The number of benzene rings is 3. The molecular weight excluding hydrogens is 379 g/mol. The van der Waals surface area contributed by atoms with Crippen LogP contribution in [0.25, 0.3) is 34.7 Å². The lowest BCUT2D eigenvalue weighted by molar-refractivity contribution is 0.290. The van der Waals surface area contributed by atoms with Gasteiger partial charge in [-0.05, 0) is 47.5 Å². The highest BCUT2D eigenvalue weighted by Gasteiger charge is 2.09. The Morgan fingerprint density at radius 3 is 2.33 bits per heavy atom. The highest BCUT2D eigenvalue weighted by molar-refractivity contribution is 5.78. The number of oxazole rings is 1. The van der Waals surface area contributed by atoms with Gasteiger partial charge in [-0.2, -0.15) is 0 Å². The predicted molar refractivity (Wildman–Crippen MR) is 120 cm³/mol. The highest BCUT2D eigenvalue weighted by atomic mass is 19.1. The lowest BCUT2D eigenvalue weighted by atomic mass is 10.1. The van der Waals surface area contributed by atoms with Crippen molar-refractivity contribution >= 4 is 28.9 Å². The molecular formula is C25H23FN2O2. The molecule has 30 heavy (non-hydrogen) atoms. The lowest BCUT2D eigenvalue weighted by Gasteiger charge is -2.03. The number of aromatic nitrogens is 1. The molecule has 4 nitrogen and oxygen atoms in total. The summed E-state index contributed by atoms with van der Waals surface area (Å²) in [5, 5.41) is 3.11. The number of hydrogen-bond acceptors (Lipinski definition) is 4. The van der Waals surface area contributed by atoms with E-state index >= 15 is 0 Å². The van der Waals surface area contributed by atoms with Crippen LogP contribution in [0.15, 0.2) is 71.1 Å². The van der Waals surface area contributed by atoms with Gasteiger partial charge in [0.15, 0.2) is 5.58 Å². The van der Waals surface area contributed by atoms with Gasteiger partial charge in [0, 0.05) is 30.8 Å². The Bertz CT molecular complexity index is 1130. The van der Waals surface area contributed by atoms with Crippen LogP contribution in [0.5, 0.6) is 5.75 Å². The number of nitrogens with one attached hydrogen (secondary N) is 1. The molecule has 0 unspecified atom stereocenters. The minimum absolute atomic E-state index is 0.345. The number of fused-ring (bicyclic) bond motifs is 1. The van der Waals surface area contributed by atoms with Gasteiger partial charge >= 0.3 is 0 Å². The average Bonchev–Trinajstić information content (AvgIpc) is 3.22. The van der Waals surface area contributed by atoms with Crippen molar-refractivity contribution in [2.24, 2.45) is 0 Å². The van der Waals surface area contributed by atoms with Crippen molar-refractivity contribution in [2.75, 3.05) is 25.6 Å². The van der Waals surface area contributed by atoms with Crippen LogP contribution in [-0.2, 0) is 0 Å². The van der Waals surface area contributed by atoms with Crippen molar-refractivity contribution in [1.82, 2.24) is 4.98 Å². The Balaban J connectivity index is 1.47. The maximum atomic E-state index is 12.2. The van der Waals surface area contributed by atoms with Crippen LogP contribution in [0.4, 0.5) is 10.1 Å². The molecule has 0 aliphatic heterocycles. The fourth-order valence-electron chi connectivity index (χ4n) is 3.05. The van der Waals surface area contributed by atoms with Crippen molar-refractivity contribution in [3.8, 4) is 17.2 Å². The largest absolute Gasteiger partial charge is 0.493 e. The number of rotatable bonds is 8. The molecule has 0 bridgehead atoms. The summed E-state index contributed by atoms with van der Waals surface area (Å²) in [6.07, 6.45) is 4.53. The van der Waals surface area contributed by atoms with Crippen LogP contribution in [0.2, 0.25) is 0 Å². The van der Waals surface area contributed by atoms with E-state index < -0.39 is 0 Å². The van der Waals surface area contributed by atoms with Gasteiger partial charge in [-0.3, -0.25) is 4.39 Å². The first kappa shape index (κ1) is 19.7. The molecule has 5 heteroatoms. The maximum Gasteiger partial charge on any atom is 0.227 e. The van der Waals surface area contributed by atoms with E-state index in [1.54, 1.807) is 6.07 Å². The summed E-state index contributed by atoms with van der Waals surface area (Å²) in [6, 6.07) is 21.8. The smallest absolute Gasteiger partial charge is 0.227 e. The molecule has 0 spiro atoms. The zero-order valence-electron chi connectivity index (χ0n) is 16.8. The summed E-state index contributed by atoms with van der Waals surface area (Å²) in [4.78, 5) is 4.55. The molecule has 1 N–H and O–H groups in total. The SMILES string of the molecule is CNc1ccc(/C=C/c2ccc(-c3nc4ccc(OCCCF)cc4o3)cc2)cc1. The third kappa shape index (κ3) is 4.69. The van der Waals surface area contributed by atoms with E-state index in [9.17, 15) is 4.39 Å². The Kier molecular flexibility index (Phi) is 6.09. The minimum atomic E-state index is -0.386. The molecule has 152 valence electrons. The van der Waals surface area contributed by atoms with E-state index in [0.717, 1.165) is 27.9 Å². The number of nitrogens with zero attached hydrogens (tertiary/aromatic N) is 1. The van der Waals surface area contributed by atoms with Crippen molar-refractivity contribution < 1.29 is 13.5 Å². The number of ether oxygens (including phenoxy) is 1. The van der Waals surface area contributed by atoms with E-state index in [1.165, 1.54) is 0 Å². The highest BCUT2D eigenvalue weighted by Crippen LogP contribution is 2.27. The van der Waals surface area contributed by atoms with Crippen molar-refractivity contribution in [3.05, 3.63) is 77.9 Å². The molecule has 4 rings (SSSR count). The van der Waals surface area contributed by atoms with E-state index in [-0.39, 0.29) is 6.67 Å². The molecule has 0 saturated heterocycles. The van der Waals surface area contributed by atoms with E-state index in [4.69, 9.17) is 9.15 Å². The molecule has 0 saturated carbocycles. The van der Waals surface area contributed by atoms with Gasteiger partial charge in [-0.15, -0.1) is 0 Å². The van der Waals surface area contributed by atoms with Gasteiger partial charge in [0.05, 0.1) is 13.3 Å². The summed E-state index contributed by atoms with van der Waals surface area (Å²) >= 11 is 0. The van der Waals surface area contributed by atoms with Crippen LogP contribution in [0.3, 0.4) is 0 Å². The third-order valence-corrected chi connectivity index (χ3v) is 4.73. The first-order valence-corrected chi connectivity index (χ1v) is 9.91. The molecule has 0 amide bonds. The lowest BCUT2D eigenvalue weighted by Crippen LogP contribution is -1.97. The fourth-order valence-corrected chi connectivity index (χ4v) is 3.05. The van der Waals surface area contributed by atoms with Gasteiger partial charge in [0.25, 0.3) is 0 Å². The van der Waals surface area contributed by atoms with Gasteiger partial charge < -0.3 is 14.5 Å². The fraction of sp³-hybridized carbons (Fsp3) is 0.160. The Morgan fingerprint density at radius 2 is 1.67 bits per heavy atom. The van der Waals surface area contributed by atoms with E-state index in [0.29, 0.717) is 30.3 Å². The van der Waals surface area contributed by atoms with Crippen LogP contribution in [-0.4, -0.2) is 25.3 Å². The molecule has 3 aromatic carbocycles. The normalized spacial score (nSPS) is 11.3. The van der Waals surface area contributed by atoms with E-state index in [1.807, 2.05) is 55.6 Å². The van der Waals surface area contributed by atoms with Gasteiger partial charge in [0.2, 0.25) is 5.89 Å². The van der Waals surface area contributed by atoms with Crippen molar-refractivity contribution in [3.63, 3.8) is 0 Å². The summed E-state index contributed by atoms with van der Waals surface area (Å²) < 4.78 is 23.6. The maximum absolute atomic E-state index is 12.2. The number of alkyl halides is 1. The van der Waals surface area contributed by atoms with Crippen LogP contribution in [0.1, 0.15) is 17.5 Å². The first-order valence-electron chi connectivity index (χ1n) is 9.91. The average molecular weight is 402 g/mol. The monoisotopic (exact) mass is 402 g/mol. The molecule has 1 aromatic heterocycles. The molecule has 4 aromatic rings. The second-order valence-electron chi connectivity index (χ2n) is 6.87. The standard InChI is InChI=1S/C25H23FN2O2/c1-27-21-11-7-19(8-12-21)4-3-18-5-9-20(10-6-18)25-28-23-14-13-22(17-24(23)30-25)29-16-2-15-26/h3-14,17,27H,2,15-16H2,1H3/b4-3+. The number of hydrogen-bond donors (Lipinski definition) is 1. The molecule has 0 aliphatic carbocycles. The molecule has 0 aliphatic rings. The minimum Gasteiger partial charge on any atom is -0.493 e. The quantitative estimate of drug-likeness (QED) is 0.272. The van der Waals surface area contributed by atoms with Crippen LogP contribution >= 0.6 is 0 Å². The molecule has 0 atom stereocenters. The third-order valence-electron chi connectivity index (χ3n) is 4.73. The first-order chi connectivity index (χ1) is 14.7. The topological polar surface area (TPSA) is 47.3 Å². The second kappa shape index (κ2) is 9.27.